The standard InChI is InChI=1S/C22H26FN7O/c1-14-15(2)28-21(29-20(14)25-7-6-16-11-26-27-12-16)22(31)30-9-8-24-13-19(30)17-4-3-5-18(23)10-17/h3-5,10-12,19,24H,6-9,13H2,1-2H3,(H,26,27)(H,25,28,29). The second-order valence-corrected chi connectivity index (χ2v) is 7.66. The van der Waals surface area contributed by atoms with Gasteiger partial charge in [-0.25, -0.2) is 14.4 Å². The SMILES string of the molecule is Cc1nc(C(=O)N2CCNCC2c2cccc(F)c2)nc(NCCc2cn[nH]c2)c1C. The Balaban J connectivity index is 1.55. The molecule has 1 fully saturated rings. The maximum absolute atomic E-state index is 13.8. The number of rotatable bonds is 6. The highest BCUT2D eigenvalue weighted by atomic mass is 19.1. The lowest BCUT2D eigenvalue weighted by atomic mass is 10.0. The Labute approximate surface area is 180 Å². The van der Waals surface area contributed by atoms with Crippen molar-refractivity contribution in [3.05, 3.63) is 70.7 Å². The molecular formula is C22H26FN7O. The average molecular weight is 423 g/mol. The molecule has 3 aromatic rings. The van der Waals surface area contributed by atoms with Crippen molar-refractivity contribution in [2.45, 2.75) is 26.3 Å². The van der Waals surface area contributed by atoms with Gasteiger partial charge in [0.1, 0.15) is 11.6 Å². The van der Waals surface area contributed by atoms with Crippen LogP contribution < -0.4 is 10.6 Å². The number of anilines is 1. The first-order chi connectivity index (χ1) is 15.0. The van der Waals surface area contributed by atoms with E-state index in [4.69, 9.17) is 0 Å². The van der Waals surface area contributed by atoms with Gasteiger partial charge < -0.3 is 15.5 Å². The van der Waals surface area contributed by atoms with Crippen molar-refractivity contribution in [3.8, 4) is 0 Å². The lowest BCUT2D eigenvalue weighted by Crippen LogP contribution is -2.49. The van der Waals surface area contributed by atoms with Crippen LogP contribution in [0.2, 0.25) is 0 Å². The molecule has 162 valence electrons. The monoisotopic (exact) mass is 423 g/mol. The maximum Gasteiger partial charge on any atom is 0.292 e. The first-order valence-electron chi connectivity index (χ1n) is 10.4. The summed E-state index contributed by atoms with van der Waals surface area (Å²) in [6.45, 7) is 6.18. The number of hydrogen-bond acceptors (Lipinski definition) is 6. The van der Waals surface area contributed by atoms with Crippen LogP contribution in [-0.2, 0) is 6.42 Å². The number of carbonyl (C=O) groups excluding carboxylic acids is 1. The molecule has 1 aliphatic rings. The topological polar surface area (TPSA) is 98.8 Å². The first-order valence-corrected chi connectivity index (χ1v) is 10.4. The Morgan fingerprint density at radius 2 is 2.19 bits per heavy atom. The molecule has 3 N–H and O–H groups in total. The molecule has 1 atom stereocenters. The second-order valence-electron chi connectivity index (χ2n) is 7.66. The molecule has 0 bridgehead atoms. The molecule has 1 aromatic carbocycles. The fourth-order valence-corrected chi connectivity index (χ4v) is 3.72. The van der Waals surface area contributed by atoms with Crippen LogP contribution in [0.1, 0.15) is 39.0 Å². The zero-order chi connectivity index (χ0) is 21.8. The van der Waals surface area contributed by atoms with Gasteiger partial charge in [0.05, 0.1) is 12.2 Å². The summed E-state index contributed by atoms with van der Waals surface area (Å²) in [4.78, 5) is 24.1. The minimum atomic E-state index is -0.318. The van der Waals surface area contributed by atoms with Crippen LogP contribution in [0.5, 0.6) is 0 Å². The van der Waals surface area contributed by atoms with E-state index >= 15 is 0 Å². The number of aromatic amines is 1. The molecule has 9 heteroatoms. The number of hydrogen-bond donors (Lipinski definition) is 3. The molecule has 0 saturated carbocycles. The third kappa shape index (κ3) is 4.72. The summed E-state index contributed by atoms with van der Waals surface area (Å²) in [7, 11) is 0. The molecule has 2 aromatic heterocycles. The van der Waals surface area contributed by atoms with Crippen molar-refractivity contribution in [2.75, 3.05) is 31.5 Å². The fraction of sp³-hybridized carbons (Fsp3) is 0.364. The summed E-state index contributed by atoms with van der Waals surface area (Å²) in [5.74, 6) is 0.229. The fourth-order valence-electron chi connectivity index (χ4n) is 3.72. The highest BCUT2D eigenvalue weighted by molar-refractivity contribution is 5.91. The minimum absolute atomic E-state index is 0.150. The van der Waals surface area contributed by atoms with E-state index < -0.39 is 0 Å². The predicted molar refractivity (Wildman–Crippen MR) is 115 cm³/mol. The van der Waals surface area contributed by atoms with Crippen LogP contribution in [0, 0.1) is 19.7 Å². The van der Waals surface area contributed by atoms with Crippen molar-refractivity contribution < 1.29 is 9.18 Å². The first kappa shape index (κ1) is 20.9. The Kier molecular flexibility index (Phi) is 6.22. The molecule has 1 aliphatic heterocycles. The van der Waals surface area contributed by atoms with Crippen molar-refractivity contribution in [3.63, 3.8) is 0 Å². The third-order valence-electron chi connectivity index (χ3n) is 5.58. The molecule has 1 amide bonds. The van der Waals surface area contributed by atoms with Crippen LogP contribution in [0.3, 0.4) is 0 Å². The summed E-state index contributed by atoms with van der Waals surface area (Å²) in [6.07, 6.45) is 4.42. The molecule has 31 heavy (non-hydrogen) atoms. The van der Waals surface area contributed by atoms with E-state index in [0.717, 1.165) is 28.8 Å². The summed E-state index contributed by atoms with van der Waals surface area (Å²) in [6, 6.07) is 6.10. The normalized spacial score (nSPS) is 16.4. The number of benzene rings is 1. The van der Waals surface area contributed by atoms with Crippen molar-refractivity contribution in [2.24, 2.45) is 0 Å². The number of halogens is 1. The smallest absolute Gasteiger partial charge is 0.292 e. The number of nitrogens with one attached hydrogen (secondary N) is 3. The number of aromatic nitrogens is 4. The number of aryl methyl sites for hydroxylation is 1. The van der Waals surface area contributed by atoms with E-state index in [2.05, 4.69) is 30.8 Å². The lowest BCUT2D eigenvalue weighted by molar-refractivity contribution is 0.0621. The summed E-state index contributed by atoms with van der Waals surface area (Å²) in [5, 5.41) is 13.3. The lowest BCUT2D eigenvalue weighted by Gasteiger charge is -2.36. The number of H-pyrrole nitrogens is 1. The van der Waals surface area contributed by atoms with E-state index in [-0.39, 0.29) is 23.6 Å². The zero-order valence-electron chi connectivity index (χ0n) is 17.7. The van der Waals surface area contributed by atoms with Gasteiger partial charge in [0.25, 0.3) is 5.91 Å². The second kappa shape index (κ2) is 9.22. The van der Waals surface area contributed by atoms with Gasteiger partial charge in [0, 0.05) is 43.6 Å². The van der Waals surface area contributed by atoms with E-state index in [1.807, 2.05) is 26.1 Å². The van der Waals surface area contributed by atoms with Gasteiger partial charge in [-0.15, -0.1) is 0 Å². The van der Waals surface area contributed by atoms with Crippen LogP contribution in [0.4, 0.5) is 10.2 Å². The number of carbonyl (C=O) groups is 1. The van der Waals surface area contributed by atoms with Crippen molar-refractivity contribution in [1.82, 2.24) is 30.4 Å². The minimum Gasteiger partial charge on any atom is -0.369 e. The molecule has 0 aliphatic carbocycles. The maximum atomic E-state index is 13.8. The molecule has 0 radical (unpaired) electrons. The van der Waals surface area contributed by atoms with Gasteiger partial charge >= 0.3 is 0 Å². The highest BCUT2D eigenvalue weighted by Crippen LogP contribution is 2.25. The van der Waals surface area contributed by atoms with Gasteiger partial charge in [-0.2, -0.15) is 5.10 Å². The van der Waals surface area contributed by atoms with E-state index in [9.17, 15) is 9.18 Å². The molecule has 1 saturated heterocycles. The molecule has 3 heterocycles. The number of nitrogens with zero attached hydrogens (tertiary/aromatic N) is 4. The van der Waals surface area contributed by atoms with Crippen LogP contribution in [-0.4, -0.2) is 57.2 Å². The highest BCUT2D eigenvalue weighted by Gasteiger charge is 2.31. The van der Waals surface area contributed by atoms with Gasteiger partial charge in [0.2, 0.25) is 5.82 Å². The van der Waals surface area contributed by atoms with Gasteiger partial charge in [-0.05, 0) is 43.5 Å². The predicted octanol–water partition coefficient (Wildman–Crippen LogP) is 2.40. The number of piperazine rings is 1. The Morgan fingerprint density at radius 1 is 1.32 bits per heavy atom. The van der Waals surface area contributed by atoms with Gasteiger partial charge in [-0.1, -0.05) is 12.1 Å². The van der Waals surface area contributed by atoms with Crippen molar-refractivity contribution in [1.29, 1.82) is 0 Å². The molecule has 1 unspecified atom stereocenters. The Morgan fingerprint density at radius 3 is 2.97 bits per heavy atom. The largest absolute Gasteiger partial charge is 0.369 e. The number of amides is 1. The van der Waals surface area contributed by atoms with Crippen LogP contribution >= 0.6 is 0 Å². The van der Waals surface area contributed by atoms with Gasteiger partial charge in [-0.3, -0.25) is 9.89 Å². The van der Waals surface area contributed by atoms with E-state index in [1.54, 1.807) is 17.2 Å². The molecule has 4 rings (SSSR count). The molecule has 0 spiro atoms. The summed E-state index contributed by atoms with van der Waals surface area (Å²) < 4.78 is 13.8. The molecule has 8 nitrogen and oxygen atoms in total. The summed E-state index contributed by atoms with van der Waals surface area (Å²) >= 11 is 0. The Bertz CT molecular complexity index is 1050. The van der Waals surface area contributed by atoms with E-state index in [1.165, 1.54) is 12.1 Å². The molecular weight excluding hydrogens is 397 g/mol. The summed E-state index contributed by atoms with van der Waals surface area (Å²) in [5.41, 5.74) is 3.50. The third-order valence-corrected chi connectivity index (χ3v) is 5.58. The quantitative estimate of drug-likeness (QED) is 0.563. The zero-order valence-corrected chi connectivity index (χ0v) is 17.7. The van der Waals surface area contributed by atoms with Crippen molar-refractivity contribution >= 4 is 11.7 Å². The van der Waals surface area contributed by atoms with Crippen LogP contribution in [0.25, 0.3) is 0 Å². The van der Waals surface area contributed by atoms with Crippen LogP contribution in [0.15, 0.2) is 36.7 Å². The van der Waals surface area contributed by atoms with Gasteiger partial charge in [0.15, 0.2) is 0 Å². The average Bonchev–Trinajstić information content (AvgIpc) is 3.29. The Hall–Kier alpha value is -3.33. The van der Waals surface area contributed by atoms with E-state index in [0.29, 0.717) is 32.0 Å².